The van der Waals surface area contributed by atoms with E-state index >= 15 is 0 Å². The van der Waals surface area contributed by atoms with Gasteiger partial charge in [-0.2, -0.15) is 0 Å². The molecule has 0 spiro atoms. The first kappa shape index (κ1) is 17.6. The number of benzene rings is 2. The number of amides is 4. The van der Waals surface area contributed by atoms with Crippen LogP contribution in [0.3, 0.4) is 0 Å². The van der Waals surface area contributed by atoms with Crippen LogP contribution in [0, 0.1) is 5.92 Å². The number of nitrogens with one attached hydrogen (secondary N) is 1. The van der Waals surface area contributed by atoms with E-state index in [0.717, 1.165) is 4.90 Å². The van der Waals surface area contributed by atoms with Crippen molar-refractivity contribution in [3.8, 4) is 5.75 Å². The topological polar surface area (TPSA) is 88.1 Å². The molecule has 1 N–H and O–H groups in total. The van der Waals surface area contributed by atoms with Gasteiger partial charge in [-0.25, -0.2) is 9.69 Å². The fourth-order valence-corrected chi connectivity index (χ4v) is 2.59. The third kappa shape index (κ3) is 3.43. The average Bonchev–Trinajstić information content (AvgIpc) is 2.63. The summed E-state index contributed by atoms with van der Waals surface area (Å²) in [6.45, 7) is 0. The Balaban J connectivity index is 1.89. The molecule has 0 bridgehead atoms. The summed E-state index contributed by atoms with van der Waals surface area (Å²) >= 11 is 6.02. The van der Waals surface area contributed by atoms with Crippen LogP contribution in [0.1, 0.15) is 0 Å². The Labute approximate surface area is 154 Å². The number of carbonyl (C=O) groups excluding carboxylic acids is 3. The largest absolute Gasteiger partial charge is 0.497 e. The molecule has 0 aliphatic carbocycles. The summed E-state index contributed by atoms with van der Waals surface area (Å²) < 4.78 is 5.06. The zero-order valence-electron chi connectivity index (χ0n) is 13.7. The van der Waals surface area contributed by atoms with Gasteiger partial charge in [-0.1, -0.05) is 23.7 Å². The van der Waals surface area contributed by atoms with Gasteiger partial charge >= 0.3 is 6.03 Å². The number of urea groups is 1. The molecule has 0 radical (unpaired) electrons. The van der Waals surface area contributed by atoms with Gasteiger partial charge < -0.3 is 4.74 Å². The Hall–Kier alpha value is -3.19. The first-order valence-electron chi connectivity index (χ1n) is 7.63. The van der Waals surface area contributed by atoms with E-state index in [1.165, 1.54) is 13.3 Å². The van der Waals surface area contributed by atoms with Gasteiger partial charge in [0.05, 0.1) is 23.5 Å². The SMILES string of the molecule is COc1ccc(N2C(=O)NC(=O)[C@@H](C=Nc3ccccc3Cl)C2=O)cc1. The van der Waals surface area contributed by atoms with E-state index in [1.54, 1.807) is 48.5 Å². The number of anilines is 1. The molecular formula is C18H14ClN3O4. The van der Waals surface area contributed by atoms with Crippen molar-refractivity contribution in [2.24, 2.45) is 10.9 Å². The molecule has 8 heteroatoms. The Morgan fingerprint density at radius 3 is 2.46 bits per heavy atom. The second-order valence-electron chi connectivity index (χ2n) is 5.37. The minimum Gasteiger partial charge on any atom is -0.497 e. The minimum absolute atomic E-state index is 0.317. The van der Waals surface area contributed by atoms with Crippen LogP contribution in [0.25, 0.3) is 0 Å². The van der Waals surface area contributed by atoms with Crippen LogP contribution in [-0.4, -0.2) is 31.2 Å². The molecule has 26 heavy (non-hydrogen) atoms. The molecule has 132 valence electrons. The van der Waals surface area contributed by atoms with Gasteiger partial charge in [-0.05, 0) is 36.4 Å². The molecule has 7 nitrogen and oxygen atoms in total. The molecule has 0 saturated carbocycles. The number of nitrogens with zero attached hydrogens (tertiary/aromatic N) is 2. The molecule has 1 atom stereocenters. The smallest absolute Gasteiger partial charge is 0.335 e. The third-order valence-electron chi connectivity index (χ3n) is 3.75. The summed E-state index contributed by atoms with van der Waals surface area (Å²) in [6.07, 6.45) is 1.18. The van der Waals surface area contributed by atoms with Gasteiger partial charge in [0.25, 0.3) is 5.91 Å². The van der Waals surface area contributed by atoms with Crippen LogP contribution in [0.2, 0.25) is 5.02 Å². The number of aliphatic imine (C=N–C) groups is 1. The van der Waals surface area contributed by atoms with E-state index in [0.29, 0.717) is 22.1 Å². The van der Waals surface area contributed by atoms with E-state index in [4.69, 9.17) is 16.3 Å². The van der Waals surface area contributed by atoms with Gasteiger partial charge in [-0.15, -0.1) is 0 Å². The number of hydrogen-bond donors (Lipinski definition) is 1. The number of para-hydroxylation sites is 1. The third-order valence-corrected chi connectivity index (χ3v) is 4.07. The van der Waals surface area contributed by atoms with Gasteiger partial charge in [0.2, 0.25) is 5.91 Å². The summed E-state index contributed by atoms with van der Waals surface area (Å²) in [4.78, 5) is 41.9. The van der Waals surface area contributed by atoms with Crippen molar-refractivity contribution in [3.63, 3.8) is 0 Å². The lowest BCUT2D eigenvalue weighted by Gasteiger charge is -2.28. The Bertz CT molecular complexity index is 896. The van der Waals surface area contributed by atoms with Crippen molar-refractivity contribution in [1.29, 1.82) is 0 Å². The number of methoxy groups -OCH3 is 1. The Morgan fingerprint density at radius 1 is 1.12 bits per heavy atom. The Kier molecular flexibility index (Phi) is 4.99. The highest BCUT2D eigenvalue weighted by Gasteiger charge is 2.40. The van der Waals surface area contributed by atoms with Crippen LogP contribution < -0.4 is 15.0 Å². The number of carbonyl (C=O) groups is 3. The molecule has 1 heterocycles. The zero-order valence-corrected chi connectivity index (χ0v) is 14.4. The molecule has 1 aliphatic heterocycles. The average molecular weight is 372 g/mol. The van der Waals surface area contributed by atoms with Gasteiger partial charge in [0.1, 0.15) is 5.75 Å². The predicted octanol–water partition coefficient (Wildman–Crippen LogP) is 2.95. The predicted molar refractivity (Wildman–Crippen MR) is 97.1 cm³/mol. The maximum atomic E-state index is 12.7. The van der Waals surface area contributed by atoms with Gasteiger partial charge in [0, 0.05) is 6.21 Å². The molecule has 1 fully saturated rings. The van der Waals surface area contributed by atoms with Crippen molar-refractivity contribution in [2.75, 3.05) is 12.0 Å². The molecule has 0 aromatic heterocycles. The van der Waals surface area contributed by atoms with E-state index < -0.39 is 23.8 Å². The quantitative estimate of drug-likeness (QED) is 0.661. The summed E-state index contributed by atoms with van der Waals surface area (Å²) in [5, 5.41) is 2.54. The van der Waals surface area contributed by atoms with E-state index in [-0.39, 0.29) is 0 Å². The summed E-state index contributed by atoms with van der Waals surface area (Å²) in [6, 6.07) is 12.3. The normalized spacial score (nSPS) is 17.5. The fourth-order valence-electron chi connectivity index (χ4n) is 2.41. The standard InChI is InChI=1S/C18H14ClN3O4/c1-26-12-8-6-11(7-9-12)22-17(24)13(16(23)21-18(22)25)10-20-15-5-3-2-4-14(15)19/h2-10,13H,1H3,(H,21,23,25)/t13-/m1/s1. The summed E-state index contributed by atoms with van der Waals surface area (Å²) in [5.74, 6) is -2.10. The second kappa shape index (κ2) is 7.37. The highest BCUT2D eigenvalue weighted by molar-refractivity contribution is 6.34. The van der Waals surface area contributed by atoms with Crippen molar-refractivity contribution in [2.45, 2.75) is 0 Å². The fraction of sp³-hybridized carbons (Fsp3) is 0.111. The molecule has 4 amide bonds. The van der Waals surface area contributed by atoms with Crippen molar-refractivity contribution < 1.29 is 19.1 Å². The number of imide groups is 2. The molecule has 3 rings (SSSR count). The maximum absolute atomic E-state index is 12.7. The van der Waals surface area contributed by atoms with Gasteiger partial charge in [0.15, 0.2) is 5.92 Å². The van der Waals surface area contributed by atoms with E-state index in [9.17, 15) is 14.4 Å². The number of ether oxygens (including phenoxy) is 1. The minimum atomic E-state index is -1.24. The Morgan fingerprint density at radius 2 is 1.81 bits per heavy atom. The van der Waals surface area contributed by atoms with Crippen molar-refractivity contribution >= 4 is 47.0 Å². The molecule has 0 unspecified atom stereocenters. The van der Waals surface area contributed by atoms with Crippen molar-refractivity contribution in [1.82, 2.24) is 5.32 Å². The van der Waals surface area contributed by atoms with Crippen LogP contribution in [0.4, 0.5) is 16.2 Å². The molecular weight excluding hydrogens is 358 g/mol. The van der Waals surface area contributed by atoms with Crippen LogP contribution in [0.5, 0.6) is 5.75 Å². The highest BCUT2D eigenvalue weighted by atomic mass is 35.5. The van der Waals surface area contributed by atoms with Crippen LogP contribution in [-0.2, 0) is 9.59 Å². The highest BCUT2D eigenvalue weighted by Crippen LogP contribution is 2.25. The number of hydrogen-bond acceptors (Lipinski definition) is 5. The number of halogens is 1. The molecule has 2 aromatic rings. The lowest BCUT2D eigenvalue weighted by Crippen LogP contribution is -2.58. The first-order valence-corrected chi connectivity index (χ1v) is 8.00. The first-order chi connectivity index (χ1) is 12.5. The van der Waals surface area contributed by atoms with Crippen molar-refractivity contribution in [3.05, 3.63) is 53.6 Å². The lowest BCUT2D eigenvalue weighted by molar-refractivity contribution is -0.131. The summed E-state index contributed by atoms with van der Waals surface area (Å²) in [7, 11) is 1.51. The number of barbiturate groups is 1. The van der Waals surface area contributed by atoms with Crippen LogP contribution in [0.15, 0.2) is 53.5 Å². The molecule has 1 saturated heterocycles. The van der Waals surface area contributed by atoms with E-state index in [1.807, 2.05) is 0 Å². The maximum Gasteiger partial charge on any atom is 0.335 e. The summed E-state index contributed by atoms with van der Waals surface area (Å²) in [5.41, 5.74) is 0.736. The molecule has 2 aromatic carbocycles. The molecule has 1 aliphatic rings. The van der Waals surface area contributed by atoms with E-state index in [2.05, 4.69) is 10.3 Å². The van der Waals surface area contributed by atoms with Crippen LogP contribution >= 0.6 is 11.6 Å². The van der Waals surface area contributed by atoms with Gasteiger partial charge in [-0.3, -0.25) is 19.9 Å². The number of rotatable bonds is 4. The second-order valence-corrected chi connectivity index (χ2v) is 5.78. The lowest BCUT2D eigenvalue weighted by atomic mass is 10.1. The zero-order chi connectivity index (χ0) is 18.7. The monoisotopic (exact) mass is 371 g/mol.